The van der Waals surface area contributed by atoms with Crippen molar-refractivity contribution in [3.8, 4) is 5.75 Å². The molecule has 0 unspecified atom stereocenters. The van der Waals surface area contributed by atoms with Gasteiger partial charge in [0.1, 0.15) is 5.75 Å². The maximum atomic E-state index is 11.7. The van der Waals surface area contributed by atoms with Gasteiger partial charge >= 0.3 is 0 Å². The summed E-state index contributed by atoms with van der Waals surface area (Å²) < 4.78 is 28.7. The lowest BCUT2D eigenvalue weighted by Gasteiger charge is -2.14. The highest BCUT2D eigenvalue weighted by Gasteiger charge is 2.12. The number of ether oxygens (including phenoxy) is 1. The second-order valence-electron chi connectivity index (χ2n) is 5.64. The molecule has 0 radical (unpaired) electrons. The van der Waals surface area contributed by atoms with Gasteiger partial charge in [0.2, 0.25) is 0 Å². The molecule has 3 rings (SSSR count). The molecule has 5 nitrogen and oxygen atoms in total. The Balaban J connectivity index is 2.06. The zero-order valence-electron chi connectivity index (χ0n) is 13.7. The van der Waals surface area contributed by atoms with Gasteiger partial charge < -0.3 is 10.1 Å². The number of methoxy groups -OCH3 is 1. The minimum atomic E-state index is -3.28. The predicted octanol–water partition coefficient (Wildman–Crippen LogP) is 3.70. The van der Waals surface area contributed by atoms with Crippen molar-refractivity contribution in [2.45, 2.75) is 11.8 Å². The lowest BCUT2D eigenvalue weighted by molar-refractivity contribution is 0.415. The molecular formula is C18H18N2O3S. The first-order chi connectivity index (χ1) is 11.4. The van der Waals surface area contributed by atoms with E-state index in [-0.39, 0.29) is 4.90 Å². The quantitative estimate of drug-likeness (QED) is 0.783. The number of nitrogens with one attached hydrogen (secondary N) is 1. The van der Waals surface area contributed by atoms with Crippen molar-refractivity contribution < 1.29 is 13.2 Å². The van der Waals surface area contributed by atoms with Crippen LogP contribution in [0.1, 0.15) is 5.56 Å². The van der Waals surface area contributed by atoms with Gasteiger partial charge in [-0.25, -0.2) is 8.42 Å². The Kier molecular flexibility index (Phi) is 4.15. The number of aromatic nitrogens is 1. The summed E-state index contributed by atoms with van der Waals surface area (Å²) in [6, 6.07) is 12.7. The zero-order chi connectivity index (χ0) is 17.3. The first kappa shape index (κ1) is 16.3. The van der Waals surface area contributed by atoms with E-state index in [0.717, 1.165) is 22.2 Å². The van der Waals surface area contributed by atoms with E-state index >= 15 is 0 Å². The maximum Gasteiger partial charge on any atom is 0.175 e. The van der Waals surface area contributed by atoms with Crippen LogP contribution in [0.2, 0.25) is 0 Å². The molecule has 0 bridgehead atoms. The molecule has 0 amide bonds. The summed E-state index contributed by atoms with van der Waals surface area (Å²) in [4.78, 5) is 4.61. The number of hydrogen-bond acceptors (Lipinski definition) is 5. The highest BCUT2D eigenvalue weighted by molar-refractivity contribution is 7.90. The molecule has 0 aliphatic heterocycles. The van der Waals surface area contributed by atoms with Crippen molar-refractivity contribution in [2.24, 2.45) is 0 Å². The van der Waals surface area contributed by atoms with Crippen molar-refractivity contribution >= 4 is 32.1 Å². The molecule has 1 heterocycles. The second kappa shape index (κ2) is 6.13. The third-order valence-corrected chi connectivity index (χ3v) is 4.88. The Morgan fingerprint density at radius 3 is 2.54 bits per heavy atom. The molecule has 0 saturated carbocycles. The van der Waals surface area contributed by atoms with E-state index in [4.69, 9.17) is 4.74 Å². The molecule has 2 aromatic carbocycles. The molecule has 0 atom stereocenters. The molecule has 0 aliphatic rings. The molecule has 0 spiro atoms. The summed E-state index contributed by atoms with van der Waals surface area (Å²) in [5.74, 6) is 0.468. The van der Waals surface area contributed by atoms with Gasteiger partial charge in [-0.05, 0) is 36.8 Å². The van der Waals surface area contributed by atoms with Gasteiger partial charge in [-0.3, -0.25) is 4.98 Å². The summed E-state index contributed by atoms with van der Waals surface area (Å²) in [5.41, 5.74) is 3.61. The number of aryl methyl sites for hydroxylation is 1. The van der Waals surface area contributed by atoms with Crippen molar-refractivity contribution in [1.82, 2.24) is 4.98 Å². The number of anilines is 2. The van der Waals surface area contributed by atoms with E-state index in [1.165, 1.54) is 19.4 Å². The van der Waals surface area contributed by atoms with Crippen molar-refractivity contribution in [3.63, 3.8) is 0 Å². The Morgan fingerprint density at radius 1 is 1.04 bits per heavy atom. The number of benzene rings is 2. The molecule has 0 saturated heterocycles. The van der Waals surface area contributed by atoms with Gasteiger partial charge in [0, 0.05) is 29.6 Å². The summed E-state index contributed by atoms with van der Waals surface area (Å²) >= 11 is 0. The average molecular weight is 342 g/mol. The van der Waals surface area contributed by atoms with Crippen LogP contribution in [-0.4, -0.2) is 26.8 Å². The van der Waals surface area contributed by atoms with Gasteiger partial charge in [-0.15, -0.1) is 0 Å². The van der Waals surface area contributed by atoms with Crippen LogP contribution in [0.5, 0.6) is 5.75 Å². The minimum Gasteiger partial charge on any atom is -0.495 e. The molecule has 1 aromatic heterocycles. The Hall–Kier alpha value is -2.60. The third kappa shape index (κ3) is 3.19. The van der Waals surface area contributed by atoms with Crippen LogP contribution in [0.25, 0.3) is 10.9 Å². The van der Waals surface area contributed by atoms with Crippen LogP contribution in [0, 0.1) is 6.92 Å². The fourth-order valence-corrected chi connectivity index (χ4v) is 3.15. The number of rotatable bonds is 4. The van der Waals surface area contributed by atoms with Gasteiger partial charge in [0.05, 0.1) is 23.2 Å². The summed E-state index contributed by atoms with van der Waals surface area (Å²) in [5, 5.41) is 4.29. The highest BCUT2D eigenvalue weighted by atomic mass is 32.2. The zero-order valence-corrected chi connectivity index (χ0v) is 14.5. The monoisotopic (exact) mass is 342 g/mol. The maximum absolute atomic E-state index is 11.7. The normalized spacial score (nSPS) is 11.5. The van der Waals surface area contributed by atoms with E-state index in [1.54, 1.807) is 18.3 Å². The smallest absolute Gasteiger partial charge is 0.175 e. The van der Waals surface area contributed by atoms with Crippen molar-refractivity contribution in [3.05, 3.63) is 54.2 Å². The third-order valence-electron chi connectivity index (χ3n) is 3.77. The van der Waals surface area contributed by atoms with Crippen LogP contribution in [-0.2, 0) is 9.84 Å². The number of hydrogen-bond donors (Lipinski definition) is 1. The first-order valence-electron chi connectivity index (χ1n) is 7.39. The Labute approximate surface area is 141 Å². The van der Waals surface area contributed by atoms with Crippen LogP contribution >= 0.6 is 0 Å². The van der Waals surface area contributed by atoms with E-state index < -0.39 is 9.84 Å². The topological polar surface area (TPSA) is 68.3 Å². The van der Waals surface area contributed by atoms with Crippen LogP contribution in [0.4, 0.5) is 11.4 Å². The largest absolute Gasteiger partial charge is 0.495 e. The molecule has 24 heavy (non-hydrogen) atoms. The van der Waals surface area contributed by atoms with E-state index in [0.29, 0.717) is 11.4 Å². The molecule has 0 aliphatic carbocycles. The lowest BCUT2D eigenvalue weighted by Crippen LogP contribution is -2.00. The fraction of sp³-hybridized carbons (Fsp3) is 0.167. The Bertz CT molecular complexity index is 1010. The highest BCUT2D eigenvalue weighted by Crippen LogP contribution is 2.32. The molecule has 1 N–H and O–H groups in total. The second-order valence-corrected chi connectivity index (χ2v) is 7.65. The van der Waals surface area contributed by atoms with Crippen LogP contribution < -0.4 is 10.1 Å². The van der Waals surface area contributed by atoms with Crippen molar-refractivity contribution in [2.75, 3.05) is 18.7 Å². The standard InChI is InChI=1S/C18H18N2O3S/c1-12-4-6-14-15(8-9-19-17(14)10-12)20-16-7-5-13(24(3,21)22)11-18(16)23-2/h4-11H,1-3H3,(H,19,20). The van der Waals surface area contributed by atoms with Crippen LogP contribution in [0.3, 0.4) is 0 Å². The summed E-state index contributed by atoms with van der Waals surface area (Å²) in [6.07, 6.45) is 2.91. The number of fused-ring (bicyclic) bond motifs is 1. The molecule has 0 fully saturated rings. The number of sulfone groups is 1. The van der Waals surface area contributed by atoms with Gasteiger partial charge in [0.15, 0.2) is 9.84 Å². The fourth-order valence-electron chi connectivity index (χ4n) is 2.52. The molecule has 6 heteroatoms. The van der Waals surface area contributed by atoms with E-state index in [9.17, 15) is 8.42 Å². The van der Waals surface area contributed by atoms with Crippen molar-refractivity contribution in [1.29, 1.82) is 0 Å². The Morgan fingerprint density at radius 2 is 1.83 bits per heavy atom. The summed E-state index contributed by atoms with van der Waals surface area (Å²) in [7, 11) is -1.77. The molecule has 124 valence electrons. The van der Waals surface area contributed by atoms with Gasteiger partial charge in [-0.1, -0.05) is 12.1 Å². The SMILES string of the molecule is COc1cc(S(C)(=O)=O)ccc1Nc1ccnc2cc(C)ccc12. The summed E-state index contributed by atoms with van der Waals surface area (Å²) in [6.45, 7) is 2.02. The first-order valence-corrected chi connectivity index (χ1v) is 9.28. The minimum absolute atomic E-state index is 0.222. The van der Waals surface area contributed by atoms with Gasteiger partial charge in [-0.2, -0.15) is 0 Å². The number of nitrogens with zero attached hydrogens (tertiary/aromatic N) is 1. The van der Waals surface area contributed by atoms with Crippen LogP contribution in [0.15, 0.2) is 53.6 Å². The average Bonchev–Trinajstić information content (AvgIpc) is 2.54. The lowest BCUT2D eigenvalue weighted by atomic mass is 10.1. The number of pyridine rings is 1. The van der Waals surface area contributed by atoms with Gasteiger partial charge in [0.25, 0.3) is 0 Å². The van der Waals surface area contributed by atoms with E-state index in [1.807, 2.05) is 31.2 Å². The molecule has 3 aromatic rings. The predicted molar refractivity (Wildman–Crippen MR) is 95.9 cm³/mol. The van der Waals surface area contributed by atoms with E-state index in [2.05, 4.69) is 10.3 Å². The molecular weight excluding hydrogens is 324 g/mol.